The van der Waals surface area contributed by atoms with Gasteiger partial charge in [-0.3, -0.25) is 0 Å². The van der Waals surface area contributed by atoms with Crippen molar-refractivity contribution >= 4 is 34.6 Å². The number of rotatable bonds is 59. The molecule has 0 unspecified atom stereocenters. The molecule has 572 valence electrons. The average molecular weight is 1410 g/mol. The molecule has 3 aromatic carbocycles. The molecule has 3 saturated carbocycles. The maximum absolute atomic E-state index is 12.9. The molecule has 6 rings (SSSR count). The summed E-state index contributed by atoms with van der Waals surface area (Å²) in [5.41, 5.74) is 8.15. The summed E-state index contributed by atoms with van der Waals surface area (Å²) in [5, 5.41) is 0. The highest BCUT2D eigenvalue weighted by atomic mass is 16.6. The van der Waals surface area contributed by atoms with Crippen molar-refractivity contribution in [3.8, 4) is 0 Å². The highest BCUT2D eigenvalue weighted by Crippen LogP contribution is 2.41. The van der Waals surface area contributed by atoms with Gasteiger partial charge in [-0.25, -0.2) is 14.4 Å². The summed E-state index contributed by atoms with van der Waals surface area (Å²) in [7, 11) is 0. The predicted molar refractivity (Wildman–Crippen MR) is 428 cm³/mol. The van der Waals surface area contributed by atoms with E-state index in [0.717, 1.165) is 151 Å². The summed E-state index contributed by atoms with van der Waals surface area (Å²) < 4.78 is 35.8. The fourth-order valence-corrected chi connectivity index (χ4v) is 16.2. The lowest BCUT2D eigenvalue weighted by molar-refractivity contribution is -0.137. The summed E-state index contributed by atoms with van der Waals surface area (Å²) in [6, 6.07) is 25.6. The van der Waals surface area contributed by atoms with Gasteiger partial charge in [0.1, 0.15) is 6.10 Å². The summed E-state index contributed by atoms with van der Waals surface area (Å²) in [4.78, 5) is 38.6. The first-order chi connectivity index (χ1) is 50.1. The Labute approximate surface area is 623 Å². The third kappa shape index (κ3) is 36.0. The number of hydrogen-bond acceptors (Lipinski definition) is 9. The molecule has 9 heteroatoms. The van der Waals surface area contributed by atoms with E-state index in [-0.39, 0.29) is 24.0 Å². The van der Waals surface area contributed by atoms with Crippen molar-refractivity contribution in [2.45, 2.75) is 353 Å². The smallest absolute Gasteiger partial charge is 0.338 e. The second-order valence-electron chi connectivity index (χ2n) is 31.5. The van der Waals surface area contributed by atoms with Crippen molar-refractivity contribution in [1.82, 2.24) is 0 Å². The van der Waals surface area contributed by atoms with Crippen LogP contribution in [0, 0.1) is 17.8 Å². The molecule has 0 radical (unpaired) electrons. The molecule has 0 aliphatic heterocycles. The number of benzene rings is 3. The van der Waals surface area contributed by atoms with E-state index >= 15 is 0 Å². The topological polar surface area (TPSA) is 107 Å². The van der Waals surface area contributed by atoms with Crippen molar-refractivity contribution < 1.29 is 42.8 Å². The largest absolute Gasteiger partial charge is 0.462 e. The van der Waals surface area contributed by atoms with Gasteiger partial charge in [-0.1, -0.05) is 306 Å². The number of esters is 3. The van der Waals surface area contributed by atoms with E-state index in [1.807, 2.05) is 0 Å². The Hall–Kier alpha value is -4.83. The van der Waals surface area contributed by atoms with Crippen molar-refractivity contribution in [3.63, 3.8) is 0 Å². The van der Waals surface area contributed by atoms with Crippen LogP contribution >= 0.6 is 0 Å². The zero-order valence-corrected chi connectivity index (χ0v) is 65.4. The Morgan fingerprint density at radius 3 is 0.794 bits per heavy atom. The fourth-order valence-electron chi connectivity index (χ4n) is 16.2. The van der Waals surface area contributed by atoms with Crippen LogP contribution in [-0.2, 0) is 42.8 Å². The van der Waals surface area contributed by atoms with Crippen LogP contribution in [0.15, 0.2) is 92.5 Å². The molecule has 0 amide bonds. The number of carbonyl (C=O) groups excluding carboxylic acids is 3. The average Bonchev–Trinajstić information content (AvgIpc) is 0.857. The molecule has 0 N–H and O–H groups in total. The molecule has 3 aliphatic rings. The van der Waals surface area contributed by atoms with Gasteiger partial charge >= 0.3 is 17.9 Å². The van der Waals surface area contributed by atoms with Gasteiger partial charge < -0.3 is 28.4 Å². The van der Waals surface area contributed by atoms with Gasteiger partial charge in [0.25, 0.3) is 0 Å². The number of carbonyl (C=O) groups is 3. The molecule has 3 aromatic rings. The molecular weight excluding hydrogens is 1260 g/mol. The van der Waals surface area contributed by atoms with Crippen LogP contribution in [0.2, 0.25) is 0 Å². The lowest BCUT2D eigenvalue weighted by atomic mass is 9.77. The predicted octanol–water partition coefficient (Wildman–Crippen LogP) is 26.1. The minimum Gasteiger partial charge on any atom is -0.462 e. The SMILES string of the molecule is C=C(C(=O)OCCCCCCCCCCOCC(COCCCCCCCCCCOC(=O)C(=C)c1ccc(C2CCC(CCCCC)CC2)cc1)OCCCCCCCCCCOC(=O)C(=C)c1ccc(C2CCC(CCCCC)CC2)cc1)c1ccc(C2CCC(CCCCC)CC2)cc1. The molecular formula is C93H146O9. The molecule has 0 bridgehead atoms. The fraction of sp³-hybridized carbons (Fsp3) is 0.710. The Morgan fingerprint density at radius 1 is 0.304 bits per heavy atom. The normalized spacial score (nSPS) is 18.7. The highest BCUT2D eigenvalue weighted by Gasteiger charge is 2.26. The second-order valence-corrected chi connectivity index (χ2v) is 31.5. The standard InChI is InChI=1S/C93H146O9/c1-7-10-31-40-78-43-49-84(50-44-78)87-61-55-81(56-62-87)75(4)91(94)100-70-37-28-22-15-13-19-25-34-67-97-73-90(99-69-36-27-21-17-18-24-30-39-72-102-93(96)77(6)83-59-65-89(66-60-83)86-53-47-80(48-54-86)42-33-12-9-3)74-98-68-35-26-20-14-16-23-29-38-71-101-92(95)76(5)82-57-63-88(64-58-82)85-51-45-79(46-52-85)41-32-11-8-2/h55-66,78-80,84-86,90H,4-54,67-74H2,1-3H3. The van der Waals surface area contributed by atoms with Crippen LogP contribution in [0.3, 0.4) is 0 Å². The van der Waals surface area contributed by atoms with Gasteiger partial charge in [-0.2, -0.15) is 0 Å². The van der Waals surface area contributed by atoms with Crippen LogP contribution in [0.4, 0.5) is 0 Å². The summed E-state index contributed by atoms with van der Waals surface area (Å²) >= 11 is 0. The Balaban J connectivity index is 0.766. The third-order valence-corrected chi connectivity index (χ3v) is 23.2. The van der Waals surface area contributed by atoms with Gasteiger partial charge in [-0.05, 0) is 184 Å². The van der Waals surface area contributed by atoms with Crippen molar-refractivity contribution in [1.29, 1.82) is 0 Å². The second kappa shape index (κ2) is 54.7. The molecule has 3 fully saturated rings. The van der Waals surface area contributed by atoms with Crippen LogP contribution in [0.5, 0.6) is 0 Å². The maximum Gasteiger partial charge on any atom is 0.338 e. The zero-order chi connectivity index (χ0) is 72.3. The Morgan fingerprint density at radius 2 is 0.539 bits per heavy atom. The molecule has 0 heterocycles. The quantitative estimate of drug-likeness (QED) is 0.0236. The molecule has 0 spiro atoms. The highest BCUT2D eigenvalue weighted by molar-refractivity contribution is 6.16. The number of ether oxygens (including phenoxy) is 6. The first-order valence-electron chi connectivity index (χ1n) is 42.7. The van der Waals surface area contributed by atoms with E-state index in [9.17, 15) is 14.4 Å². The van der Waals surface area contributed by atoms with Gasteiger partial charge in [0, 0.05) is 19.8 Å². The maximum atomic E-state index is 12.9. The van der Waals surface area contributed by atoms with E-state index in [0.29, 0.717) is 67.5 Å². The van der Waals surface area contributed by atoms with E-state index < -0.39 is 0 Å². The van der Waals surface area contributed by atoms with Crippen molar-refractivity contribution in [2.24, 2.45) is 17.8 Å². The molecule has 9 nitrogen and oxygen atoms in total. The first-order valence-corrected chi connectivity index (χ1v) is 42.7. The van der Waals surface area contributed by atoms with E-state index in [1.54, 1.807) is 0 Å². The summed E-state index contributed by atoms with van der Waals surface area (Å²) in [5.74, 6) is 3.71. The van der Waals surface area contributed by atoms with E-state index in [4.69, 9.17) is 28.4 Å². The molecule has 3 aliphatic carbocycles. The third-order valence-electron chi connectivity index (χ3n) is 23.2. The van der Waals surface area contributed by atoms with Crippen molar-refractivity contribution in [3.05, 3.63) is 126 Å². The first kappa shape index (κ1) is 86.1. The zero-order valence-electron chi connectivity index (χ0n) is 65.4. The summed E-state index contributed by atoms with van der Waals surface area (Å²) in [6.45, 7) is 23.8. The van der Waals surface area contributed by atoms with Gasteiger partial charge in [0.15, 0.2) is 0 Å². The minimum absolute atomic E-state index is 0.0668. The lowest BCUT2D eigenvalue weighted by Gasteiger charge is -2.29. The minimum atomic E-state index is -0.302. The van der Waals surface area contributed by atoms with Gasteiger partial charge in [0.05, 0.1) is 49.8 Å². The van der Waals surface area contributed by atoms with E-state index in [1.165, 1.54) is 229 Å². The van der Waals surface area contributed by atoms with E-state index in [2.05, 4.69) is 113 Å². The Bertz CT molecular complexity index is 2550. The molecule has 102 heavy (non-hydrogen) atoms. The van der Waals surface area contributed by atoms with Crippen LogP contribution in [-0.4, -0.2) is 76.9 Å². The lowest BCUT2D eigenvalue weighted by Crippen LogP contribution is -2.26. The van der Waals surface area contributed by atoms with Crippen LogP contribution in [0.25, 0.3) is 16.7 Å². The molecule has 0 atom stereocenters. The molecule has 0 aromatic heterocycles. The number of hydrogen-bond donors (Lipinski definition) is 0. The van der Waals surface area contributed by atoms with Crippen LogP contribution < -0.4 is 0 Å². The monoisotopic (exact) mass is 1410 g/mol. The van der Waals surface area contributed by atoms with Gasteiger partial charge in [0.2, 0.25) is 0 Å². The summed E-state index contributed by atoms with van der Waals surface area (Å²) in [6.07, 6.45) is 58.6. The molecule has 0 saturated heterocycles. The Kier molecular flexibility index (Phi) is 46.2. The van der Waals surface area contributed by atoms with Gasteiger partial charge in [-0.15, -0.1) is 0 Å². The van der Waals surface area contributed by atoms with Crippen molar-refractivity contribution in [2.75, 3.05) is 52.9 Å². The number of unbranched alkanes of at least 4 members (excludes halogenated alkanes) is 27. The van der Waals surface area contributed by atoms with Crippen LogP contribution in [0.1, 0.15) is 380 Å².